The normalized spacial score (nSPS) is 19.7. The number of benzene rings is 1. The predicted molar refractivity (Wildman–Crippen MR) is 65.2 cm³/mol. The molecule has 2 nitrogen and oxygen atoms in total. The van der Waals surface area contributed by atoms with Crippen LogP contribution in [0.15, 0.2) is 12.1 Å². The molecule has 100 valence electrons. The molecule has 0 unspecified atom stereocenters. The number of anilines is 1. The second-order valence-electron chi connectivity index (χ2n) is 5.31. The van der Waals surface area contributed by atoms with Crippen LogP contribution < -0.4 is 10.2 Å². The van der Waals surface area contributed by atoms with Gasteiger partial charge in [0.05, 0.1) is 5.69 Å². The molecule has 5 heteroatoms. The minimum Gasteiger partial charge on any atom is -0.367 e. The molecule has 18 heavy (non-hydrogen) atoms. The predicted octanol–water partition coefficient (Wildman–Crippen LogP) is 2.68. The molecule has 0 bridgehead atoms. The quantitative estimate of drug-likeness (QED) is 0.779. The Morgan fingerprint density at radius 1 is 1.22 bits per heavy atom. The Hall–Kier alpha value is -1.23. The SMILES string of the molecule is CC1(C)CN(c2cc(F)cc(F)c2F)CCCN1. The van der Waals surface area contributed by atoms with Gasteiger partial charge in [0.25, 0.3) is 0 Å². The van der Waals surface area contributed by atoms with Gasteiger partial charge >= 0.3 is 0 Å². The first-order valence-electron chi connectivity index (χ1n) is 6.03. The molecule has 1 aliphatic heterocycles. The summed E-state index contributed by atoms with van der Waals surface area (Å²) in [4.78, 5) is 1.70. The molecular formula is C13H17F3N2. The zero-order chi connectivity index (χ0) is 13.3. The van der Waals surface area contributed by atoms with Crippen molar-refractivity contribution in [2.75, 3.05) is 24.5 Å². The highest BCUT2D eigenvalue weighted by atomic mass is 19.2. The molecule has 0 aromatic heterocycles. The summed E-state index contributed by atoms with van der Waals surface area (Å²) in [5.41, 5.74) is -0.213. The molecule has 0 radical (unpaired) electrons. The Labute approximate surface area is 105 Å². The lowest BCUT2D eigenvalue weighted by atomic mass is 10.1. The highest BCUT2D eigenvalue weighted by Crippen LogP contribution is 2.26. The number of hydrogen-bond donors (Lipinski definition) is 1. The average molecular weight is 258 g/mol. The number of nitrogens with zero attached hydrogens (tertiary/aromatic N) is 1. The Morgan fingerprint density at radius 2 is 1.94 bits per heavy atom. The molecule has 1 aromatic rings. The van der Waals surface area contributed by atoms with Crippen LogP contribution >= 0.6 is 0 Å². The summed E-state index contributed by atoms with van der Waals surface area (Å²) in [6.07, 6.45) is 0.807. The van der Waals surface area contributed by atoms with Gasteiger partial charge in [-0.1, -0.05) is 0 Å². The van der Waals surface area contributed by atoms with E-state index in [0.717, 1.165) is 19.0 Å². The molecule has 0 saturated carbocycles. The summed E-state index contributed by atoms with van der Waals surface area (Å²) in [6.45, 7) is 5.86. The summed E-state index contributed by atoms with van der Waals surface area (Å²) < 4.78 is 40.2. The van der Waals surface area contributed by atoms with E-state index < -0.39 is 17.5 Å². The molecule has 1 saturated heterocycles. The highest BCUT2D eigenvalue weighted by Gasteiger charge is 2.26. The second kappa shape index (κ2) is 4.80. The second-order valence-corrected chi connectivity index (χ2v) is 5.31. The van der Waals surface area contributed by atoms with Crippen LogP contribution in [0.4, 0.5) is 18.9 Å². The Morgan fingerprint density at radius 3 is 2.67 bits per heavy atom. The lowest BCUT2D eigenvalue weighted by Crippen LogP contribution is -2.46. The van der Waals surface area contributed by atoms with Crippen molar-refractivity contribution in [3.05, 3.63) is 29.6 Å². The maximum Gasteiger partial charge on any atom is 0.182 e. The zero-order valence-corrected chi connectivity index (χ0v) is 10.6. The van der Waals surface area contributed by atoms with Gasteiger partial charge in [-0.2, -0.15) is 0 Å². The lowest BCUT2D eigenvalue weighted by Gasteiger charge is -2.31. The maximum atomic E-state index is 13.7. The molecule has 1 heterocycles. The van der Waals surface area contributed by atoms with Crippen LogP contribution in [-0.2, 0) is 0 Å². The standard InChI is InChI=1S/C13H17F3N2/c1-13(2)8-18(5-3-4-17-13)11-7-9(14)6-10(15)12(11)16/h6-7,17H,3-5,8H2,1-2H3. The third-order valence-electron chi connectivity index (χ3n) is 3.11. The van der Waals surface area contributed by atoms with Gasteiger partial charge in [0.2, 0.25) is 0 Å². The van der Waals surface area contributed by atoms with E-state index in [1.54, 1.807) is 4.90 Å². The van der Waals surface area contributed by atoms with Crippen LogP contribution in [0.2, 0.25) is 0 Å². The van der Waals surface area contributed by atoms with Gasteiger partial charge in [0.1, 0.15) is 5.82 Å². The highest BCUT2D eigenvalue weighted by molar-refractivity contribution is 5.49. The molecule has 1 fully saturated rings. The van der Waals surface area contributed by atoms with E-state index in [0.29, 0.717) is 19.2 Å². The van der Waals surface area contributed by atoms with Crippen molar-refractivity contribution in [3.63, 3.8) is 0 Å². The monoisotopic (exact) mass is 258 g/mol. The summed E-state index contributed by atoms with van der Waals surface area (Å²) in [7, 11) is 0. The number of hydrogen-bond acceptors (Lipinski definition) is 2. The Balaban J connectivity index is 2.35. The molecular weight excluding hydrogens is 241 g/mol. The lowest BCUT2D eigenvalue weighted by molar-refractivity contribution is 0.413. The zero-order valence-electron chi connectivity index (χ0n) is 10.6. The molecule has 1 N–H and O–H groups in total. The molecule has 0 atom stereocenters. The third kappa shape index (κ3) is 2.77. The first kappa shape index (κ1) is 13.2. The Bertz CT molecular complexity index is 446. The van der Waals surface area contributed by atoms with Crippen LogP contribution in [-0.4, -0.2) is 25.2 Å². The molecule has 1 aliphatic rings. The number of nitrogens with one attached hydrogen (secondary N) is 1. The van der Waals surface area contributed by atoms with Gasteiger partial charge in [-0.3, -0.25) is 0 Å². The van der Waals surface area contributed by atoms with E-state index in [-0.39, 0.29) is 11.2 Å². The fourth-order valence-corrected chi connectivity index (χ4v) is 2.29. The van der Waals surface area contributed by atoms with Gasteiger partial charge in [-0.15, -0.1) is 0 Å². The van der Waals surface area contributed by atoms with Crippen LogP contribution in [0, 0.1) is 17.5 Å². The summed E-state index contributed by atoms with van der Waals surface area (Å²) in [6, 6.07) is 1.62. The first-order chi connectivity index (χ1) is 8.39. The van der Waals surface area contributed by atoms with Crippen molar-refractivity contribution in [2.45, 2.75) is 25.8 Å². The summed E-state index contributed by atoms with van der Waals surface area (Å²) in [5.74, 6) is -2.87. The van der Waals surface area contributed by atoms with Crippen LogP contribution in [0.1, 0.15) is 20.3 Å². The van der Waals surface area contributed by atoms with Gasteiger partial charge in [0.15, 0.2) is 11.6 Å². The Kier molecular flexibility index (Phi) is 3.52. The number of halogens is 3. The number of rotatable bonds is 1. The van der Waals surface area contributed by atoms with Crippen LogP contribution in [0.5, 0.6) is 0 Å². The third-order valence-corrected chi connectivity index (χ3v) is 3.11. The van der Waals surface area contributed by atoms with Crippen molar-refractivity contribution in [3.8, 4) is 0 Å². The van der Waals surface area contributed by atoms with Gasteiger partial charge in [-0.25, -0.2) is 13.2 Å². The minimum atomic E-state index is -1.14. The fraction of sp³-hybridized carbons (Fsp3) is 0.538. The molecule has 2 rings (SSSR count). The van der Waals surface area contributed by atoms with Crippen LogP contribution in [0.3, 0.4) is 0 Å². The molecule has 0 spiro atoms. The van der Waals surface area contributed by atoms with E-state index in [2.05, 4.69) is 5.32 Å². The van der Waals surface area contributed by atoms with Gasteiger partial charge < -0.3 is 10.2 Å². The van der Waals surface area contributed by atoms with Crippen molar-refractivity contribution >= 4 is 5.69 Å². The van der Waals surface area contributed by atoms with Crippen molar-refractivity contribution in [1.29, 1.82) is 0 Å². The van der Waals surface area contributed by atoms with Crippen molar-refractivity contribution in [1.82, 2.24) is 5.32 Å². The molecule has 0 aliphatic carbocycles. The van der Waals surface area contributed by atoms with E-state index in [1.165, 1.54) is 0 Å². The van der Waals surface area contributed by atoms with E-state index in [4.69, 9.17) is 0 Å². The largest absolute Gasteiger partial charge is 0.367 e. The van der Waals surface area contributed by atoms with Gasteiger partial charge in [0, 0.05) is 30.8 Å². The van der Waals surface area contributed by atoms with Crippen molar-refractivity contribution in [2.24, 2.45) is 0 Å². The van der Waals surface area contributed by atoms with E-state index in [9.17, 15) is 13.2 Å². The van der Waals surface area contributed by atoms with E-state index >= 15 is 0 Å². The smallest absolute Gasteiger partial charge is 0.182 e. The average Bonchev–Trinajstić information content (AvgIpc) is 2.44. The molecule has 1 aromatic carbocycles. The van der Waals surface area contributed by atoms with Crippen LogP contribution in [0.25, 0.3) is 0 Å². The van der Waals surface area contributed by atoms with Crippen molar-refractivity contribution < 1.29 is 13.2 Å². The maximum absolute atomic E-state index is 13.7. The minimum absolute atomic E-state index is 0.00396. The molecule has 0 amide bonds. The van der Waals surface area contributed by atoms with E-state index in [1.807, 2.05) is 13.8 Å². The fourth-order valence-electron chi connectivity index (χ4n) is 2.29. The van der Waals surface area contributed by atoms with Gasteiger partial charge in [-0.05, 0) is 26.8 Å². The summed E-state index contributed by atoms with van der Waals surface area (Å²) in [5, 5.41) is 3.32. The summed E-state index contributed by atoms with van der Waals surface area (Å²) >= 11 is 0. The first-order valence-corrected chi connectivity index (χ1v) is 6.03. The topological polar surface area (TPSA) is 15.3 Å².